The minimum atomic E-state index is -0.523. The van der Waals surface area contributed by atoms with Crippen LogP contribution in [0.3, 0.4) is 0 Å². The summed E-state index contributed by atoms with van der Waals surface area (Å²) in [6, 6.07) is 15.6. The van der Waals surface area contributed by atoms with E-state index < -0.39 is 5.41 Å². The Hall–Kier alpha value is -2.08. The maximum atomic E-state index is 12.8. The lowest BCUT2D eigenvalue weighted by Crippen LogP contribution is -2.48. The van der Waals surface area contributed by atoms with Gasteiger partial charge in [0.25, 0.3) is 0 Å². The summed E-state index contributed by atoms with van der Waals surface area (Å²) in [5.74, 6) is 1.52. The van der Waals surface area contributed by atoms with Gasteiger partial charge in [-0.05, 0) is 43.5 Å². The number of benzene rings is 2. The molecule has 1 fully saturated rings. The van der Waals surface area contributed by atoms with Crippen molar-refractivity contribution in [1.82, 2.24) is 5.32 Å². The van der Waals surface area contributed by atoms with Crippen LogP contribution in [-0.4, -0.2) is 25.7 Å². The number of aryl methyl sites for hydroxylation is 1. The van der Waals surface area contributed by atoms with Gasteiger partial charge in [0, 0.05) is 31.9 Å². The molecule has 0 atom stereocenters. The normalized spacial score (nSPS) is 15.5. The number of rotatable bonds is 6. The molecule has 0 bridgehead atoms. The van der Waals surface area contributed by atoms with Crippen LogP contribution in [-0.2, 0) is 16.1 Å². The number of nitrogens with two attached hydrogens (primary N) is 1. The lowest BCUT2D eigenvalue weighted by Gasteiger charge is -2.34. The average Bonchev–Trinajstić information content (AvgIpc) is 2.67. The first-order valence-electron chi connectivity index (χ1n) is 9.01. The molecule has 0 aromatic heterocycles. The first-order valence-corrected chi connectivity index (χ1v) is 9.01. The molecule has 2 aromatic rings. The number of ether oxygens (including phenoxy) is 2. The largest absolute Gasteiger partial charge is 0.457 e. The number of hydrogen-bond donors (Lipinski definition) is 2. The first-order chi connectivity index (χ1) is 12.6. The molecule has 0 aliphatic carbocycles. The van der Waals surface area contributed by atoms with Crippen LogP contribution in [0.25, 0.3) is 0 Å². The molecule has 1 saturated heterocycles. The van der Waals surface area contributed by atoms with E-state index in [0.717, 1.165) is 22.6 Å². The quantitative estimate of drug-likeness (QED) is 0.790. The third kappa shape index (κ3) is 5.22. The van der Waals surface area contributed by atoms with Crippen molar-refractivity contribution in [3.05, 3.63) is 59.7 Å². The summed E-state index contributed by atoms with van der Waals surface area (Å²) in [4.78, 5) is 12.8. The second kappa shape index (κ2) is 9.74. The Morgan fingerprint density at radius 1 is 1.19 bits per heavy atom. The number of nitrogens with one attached hydrogen (secondary N) is 1. The molecule has 3 N–H and O–H groups in total. The number of hydrogen-bond acceptors (Lipinski definition) is 4. The van der Waals surface area contributed by atoms with Crippen molar-refractivity contribution in [1.29, 1.82) is 0 Å². The highest BCUT2D eigenvalue weighted by Crippen LogP contribution is 2.30. The van der Waals surface area contributed by atoms with Crippen LogP contribution >= 0.6 is 12.4 Å². The van der Waals surface area contributed by atoms with Gasteiger partial charge in [-0.15, -0.1) is 12.4 Å². The van der Waals surface area contributed by atoms with Gasteiger partial charge in [-0.1, -0.05) is 30.3 Å². The van der Waals surface area contributed by atoms with E-state index in [0.29, 0.717) is 39.1 Å². The lowest BCUT2D eigenvalue weighted by molar-refractivity contribution is -0.136. The molecule has 0 radical (unpaired) electrons. The van der Waals surface area contributed by atoms with Crippen LogP contribution in [0.2, 0.25) is 0 Å². The summed E-state index contributed by atoms with van der Waals surface area (Å²) >= 11 is 0. The van der Waals surface area contributed by atoms with Gasteiger partial charge in [-0.3, -0.25) is 4.79 Å². The molecule has 3 rings (SSSR count). The van der Waals surface area contributed by atoms with Gasteiger partial charge in [-0.2, -0.15) is 0 Å². The second-order valence-corrected chi connectivity index (χ2v) is 6.81. The lowest BCUT2D eigenvalue weighted by atomic mass is 9.79. The fraction of sp³-hybridized carbons (Fsp3) is 0.381. The predicted molar refractivity (Wildman–Crippen MR) is 108 cm³/mol. The summed E-state index contributed by atoms with van der Waals surface area (Å²) in [5, 5.41) is 3.04. The molecule has 0 unspecified atom stereocenters. The zero-order chi connectivity index (χ0) is 18.4. The third-order valence-corrected chi connectivity index (χ3v) is 4.95. The highest BCUT2D eigenvalue weighted by molar-refractivity contribution is 5.85. The van der Waals surface area contributed by atoms with Gasteiger partial charge < -0.3 is 20.5 Å². The van der Waals surface area contributed by atoms with Crippen molar-refractivity contribution in [2.45, 2.75) is 26.3 Å². The van der Waals surface area contributed by atoms with E-state index in [1.165, 1.54) is 0 Å². The van der Waals surface area contributed by atoms with Crippen molar-refractivity contribution in [3.63, 3.8) is 0 Å². The highest BCUT2D eigenvalue weighted by Gasteiger charge is 2.38. The molecule has 27 heavy (non-hydrogen) atoms. The minimum absolute atomic E-state index is 0. The first kappa shape index (κ1) is 21.2. The van der Waals surface area contributed by atoms with Crippen LogP contribution in [0.5, 0.6) is 11.5 Å². The third-order valence-electron chi connectivity index (χ3n) is 4.95. The van der Waals surface area contributed by atoms with Gasteiger partial charge in [-0.25, -0.2) is 0 Å². The molecule has 1 heterocycles. The Kier molecular flexibility index (Phi) is 7.66. The smallest absolute Gasteiger partial charge is 0.227 e. The number of carbonyl (C=O) groups is 1. The molecule has 1 amide bonds. The zero-order valence-electron chi connectivity index (χ0n) is 15.6. The maximum Gasteiger partial charge on any atom is 0.227 e. The topological polar surface area (TPSA) is 73.6 Å². The van der Waals surface area contributed by atoms with Crippen LogP contribution in [0.4, 0.5) is 0 Å². The molecule has 5 nitrogen and oxygen atoms in total. The molecular formula is C21H27ClN2O3. The Balaban J connectivity index is 0.00000261. The summed E-state index contributed by atoms with van der Waals surface area (Å²) in [7, 11) is 0. The van der Waals surface area contributed by atoms with Gasteiger partial charge in [0.05, 0.1) is 5.41 Å². The molecule has 6 heteroatoms. The SMILES string of the molecule is Cc1cccc(Oc2ccccc2CNC(=O)C2(CN)CCOCC2)c1.Cl. The highest BCUT2D eigenvalue weighted by atomic mass is 35.5. The van der Waals surface area contributed by atoms with Crippen LogP contribution < -0.4 is 15.8 Å². The van der Waals surface area contributed by atoms with E-state index in [4.69, 9.17) is 15.2 Å². The number of amides is 1. The van der Waals surface area contributed by atoms with Gasteiger partial charge in [0.1, 0.15) is 11.5 Å². The van der Waals surface area contributed by atoms with Crippen molar-refractivity contribution in [2.24, 2.45) is 11.1 Å². The van der Waals surface area contributed by atoms with Crippen molar-refractivity contribution >= 4 is 18.3 Å². The van der Waals surface area contributed by atoms with Gasteiger partial charge >= 0.3 is 0 Å². The fourth-order valence-corrected chi connectivity index (χ4v) is 3.20. The second-order valence-electron chi connectivity index (χ2n) is 6.81. The summed E-state index contributed by atoms with van der Waals surface area (Å²) in [5.41, 5.74) is 7.46. The van der Waals surface area contributed by atoms with E-state index in [1.807, 2.05) is 55.5 Å². The Morgan fingerprint density at radius 3 is 2.63 bits per heavy atom. The zero-order valence-corrected chi connectivity index (χ0v) is 16.4. The van der Waals surface area contributed by atoms with Crippen LogP contribution in [0, 0.1) is 12.3 Å². The molecular weight excluding hydrogens is 364 g/mol. The Morgan fingerprint density at radius 2 is 1.93 bits per heavy atom. The average molecular weight is 391 g/mol. The number of halogens is 1. The summed E-state index contributed by atoms with van der Waals surface area (Å²) in [6.07, 6.45) is 1.33. The van der Waals surface area contributed by atoms with E-state index in [2.05, 4.69) is 5.32 Å². The molecule has 1 aliphatic rings. The van der Waals surface area contributed by atoms with Crippen molar-refractivity contribution in [2.75, 3.05) is 19.8 Å². The number of para-hydroxylation sites is 1. The number of carbonyl (C=O) groups excluding carboxylic acids is 1. The van der Waals surface area contributed by atoms with E-state index >= 15 is 0 Å². The Bertz CT molecular complexity index is 761. The Labute approximate surface area is 166 Å². The standard InChI is InChI=1S/C21H26N2O3.ClH/c1-16-5-4-7-18(13-16)26-19-8-3-2-6-17(19)14-23-20(24)21(15-22)9-11-25-12-10-21;/h2-8,13H,9-12,14-15,22H2,1H3,(H,23,24);1H. The van der Waals surface area contributed by atoms with Crippen molar-refractivity contribution in [3.8, 4) is 11.5 Å². The molecule has 2 aromatic carbocycles. The molecule has 1 aliphatic heterocycles. The van der Waals surface area contributed by atoms with E-state index in [9.17, 15) is 4.79 Å². The van der Waals surface area contributed by atoms with E-state index in [1.54, 1.807) is 0 Å². The van der Waals surface area contributed by atoms with Gasteiger partial charge in [0.15, 0.2) is 0 Å². The maximum absolute atomic E-state index is 12.8. The summed E-state index contributed by atoms with van der Waals surface area (Å²) < 4.78 is 11.4. The molecule has 0 spiro atoms. The van der Waals surface area contributed by atoms with E-state index in [-0.39, 0.29) is 18.3 Å². The minimum Gasteiger partial charge on any atom is -0.457 e. The molecule has 146 valence electrons. The molecule has 0 saturated carbocycles. The van der Waals surface area contributed by atoms with Crippen LogP contribution in [0.1, 0.15) is 24.0 Å². The fourth-order valence-electron chi connectivity index (χ4n) is 3.20. The summed E-state index contributed by atoms with van der Waals surface area (Å²) in [6.45, 7) is 3.93. The predicted octanol–water partition coefficient (Wildman–Crippen LogP) is 3.58. The van der Waals surface area contributed by atoms with Crippen molar-refractivity contribution < 1.29 is 14.3 Å². The van der Waals surface area contributed by atoms with Gasteiger partial charge in [0.2, 0.25) is 5.91 Å². The monoisotopic (exact) mass is 390 g/mol. The van der Waals surface area contributed by atoms with Crippen LogP contribution in [0.15, 0.2) is 48.5 Å².